The quantitative estimate of drug-likeness (QED) is 0.681. The fraction of sp³-hybridized carbons (Fsp3) is 0.238. The second-order valence-corrected chi connectivity index (χ2v) is 6.31. The lowest BCUT2D eigenvalue weighted by atomic mass is 10.2. The molecule has 0 fully saturated rings. The number of nitrogens with zero attached hydrogens (tertiary/aromatic N) is 4. The SMILES string of the molecule is Cc1nc(N(C)Cc2ccccc2)cc(N(C)Cc2ccccc2)n1. The molecule has 128 valence electrons. The maximum atomic E-state index is 4.61. The Labute approximate surface area is 149 Å². The number of rotatable bonds is 6. The zero-order chi connectivity index (χ0) is 17.6. The molecular formula is C21H24N4. The van der Waals surface area contributed by atoms with Crippen LogP contribution in [0.25, 0.3) is 0 Å². The summed E-state index contributed by atoms with van der Waals surface area (Å²) in [4.78, 5) is 13.5. The van der Waals surface area contributed by atoms with E-state index in [2.05, 4.69) is 88.5 Å². The van der Waals surface area contributed by atoms with Gasteiger partial charge in [-0.15, -0.1) is 0 Å². The first-order valence-electron chi connectivity index (χ1n) is 8.47. The number of aromatic nitrogens is 2. The Balaban J connectivity index is 1.77. The number of anilines is 2. The van der Waals surface area contributed by atoms with Crippen LogP contribution in [-0.2, 0) is 13.1 Å². The van der Waals surface area contributed by atoms with Crippen molar-refractivity contribution in [2.24, 2.45) is 0 Å². The summed E-state index contributed by atoms with van der Waals surface area (Å²) in [5.41, 5.74) is 2.53. The average Bonchev–Trinajstić information content (AvgIpc) is 2.63. The second-order valence-electron chi connectivity index (χ2n) is 6.31. The predicted molar refractivity (Wildman–Crippen MR) is 104 cm³/mol. The molecule has 0 bridgehead atoms. The molecule has 0 radical (unpaired) electrons. The molecule has 1 heterocycles. The van der Waals surface area contributed by atoms with Crippen molar-refractivity contribution in [3.63, 3.8) is 0 Å². The first-order chi connectivity index (χ1) is 12.1. The summed E-state index contributed by atoms with van der Waals surface area (Å²) in [6.07, 6.45) is 0. The summed E-state index contributed by atoms with van der Waals surface area (Å²) in [7, 11) is 4.13. The molecule has 0 unspecified atom stereocenters. The summed E-state index contributed by atoms with van der Waals surface area (Å²) in [6, 6.07) is 22.9. The summed E-state index contributed by atoms with van der Waals surface area (Å²) in [5.74, 6) is 2.66. The lowest BCUT2D eigenvalue weighted by molar-refractivity contribution is 0.849. The third-order valence-electron chi connectivity index (χ3n) is 4.12. The molecule has 0 spiro atoms. The van der Waals surface area contributed by atoms with Crippen LogP contribution in [-0.4, -0.2) is 24.1 Å². The molecule has 25 heavy (non-hydrogen) atoms. The molecule has 0 aliphatic heterocycles. The van der Waals surface area contributed by atoms with Crippen molar-refractivity contribution in [2.45, 2.75) is 20.0 Å². The normalized spacial score (nSPS) is 10.5. The van der Waals surface area contributed by atoms with Gasteiger partial charge < -0.3 is 9.80 Å². The van der Waals surface area contributed by atoms with Crippen LogP contribution in [0.2, 0.25) is 0 Å². The van der Waals surface area contributed by atoms with Gasteiger partial charge >= 0.3 is 0 Å². The van der Waals surface area contributed by atoms with Crippen molar-refractivity contribution in [3.05, 3.63) is 83.7 Å². The maximum Gasteiger partial charge on any atom is 0.134 e. The molecule has 0 aliphatic carbocycles. The smallest absolute Gasteiger partial charge is 0.134 e. The third kappa shape index (κ3) is 4.57. The lowest BCUT2D eigenvalue weighted by Gasteiger charge is -2.23. The van der Waals surface area contributed by atoms with Crippen LogP contribution in [0.4, 0.5) is 11.6 Å². The summed E-state index contributed by atoms with van der Waals surface area (Å²) in [6.45, 7) is 3.58. The molecule has 4 nitrogen and oxygen atoms in total. The summed E-state index contributed by atoms with van der Waals surface area (Å²) < 4.78 is 0. The first kappa shape index (κ1) is 17.0. The van der Waals surface area contributed by atoms with Crippen molar-refractivity contribution in [1.29, 1.82) is 0 Å². The monoisotopic (exact) mass is 332 g/mol. The molecule has 0 aliphatic rings. The van der Waals surface area contributed by atoms with E-state index in [1.165, 1.54) is 11.1 Å². The highest BCUT2D eigenvalue weighted by Gasteiger charge is 2.10. The first-order valence-corrected chi connectivity index (χ1v) is 8.47. The van der Waals surface area contributed by atoms with Crippen LogP contribution in [0.3, 0.4) is 0 Å². The van der Waals surface area contributed by atoms with Crippen LogP contribution in [0.15, 0.2) is 66.7 Å². The van der Waals surface area contributed by atoms with E-state index in [1.54, 1.807) is 0 Å². The lowest BCUT2D eigenvalue weighted by Crippen LogP contribution is -2.22. The van der Waals surface area contributed by atoms with Crippen LogP contribution in [0.1, 0.15) is 17.0 Å². The highest BCUT2D eigenvalue weighted by atomic mass is 15.2. The highest BCUT2D eigenvalue weighted by Crippen LogP contribution is 2.20. The maximum absolute atomic E-state index is 4.61. The summed E-state index contributed by atoms with van der Waals surface area (Å²) >= 11 is 0. The van der Waals surface area contributed by atoms with Gasteiger partial charge in [0.15, 0.2) is 0 Å². The Morgan fingerprint density at radius 3 is 1.48 bits per heavy atom. The Bertz CT molecular complexity index is 737. The molecule has 0 saturated carbocycles. The molecule has 1 aromatic heterocycles. The van der Waals surface area contributed by atoms with Gasteiger partial charge in [0.05, 0.1) is 0 Å². The predicted octanol–water partition coefficient (Wildman–Crippen LogP) is 4.06. The van der Waals surface area contributed by atoms with Crippen LogP contribution in [0.5, 0.6) is 0 Å². The third-order valence-corrected chi connectivity index (χ3v) is 4.12. The van der Waals surface area contributed by atoms with Gasteiger partial charge in [0.2, 0.25) is 0 Å². The summed E-state index contributed by atoms with van der Waals surface area (Å²) in [5, 5.41) is 0. The Morgan fingerprint density at radius 2 is 1.08 bits per heavy atom. The van der Waals surface area contributed by atoms with E-state index in [4.69, 9.17) is 0 Å². The van der Waals surface area contributed by atoms with Crippen molar-refractivity contribution < 1.29 is 0 Å². The van der Waals surface area contributed by atoms with Gasteiger partial charge in [0.25, 0.3) is 0 Å². The van der Waals surface area contributed by atoms with Crippen molar-refractivity contribution in [1.82, 2.24) is 9.97 Å². The van der Waals surface area contributed by atoms with E-state index in [9.17, 15) is 0 Å². The van der Waals surface area contributed by atoms with E-state index >= 15 is 0 Å². The number of aryl methyl sites for hydroxylation is 1. The van der Waals surface area contributed by atoms with E-state index < -0.39 is 0 Å². The van der Waals surface area contributed by atoms with Gasteiger partial charge in [0.1, 0.15) is 17.5 Å². The number of hydrogen-bond acceptors (Lipinski definition) is 4. The van der Waals surface area contributed by atoms with Crippen LogP contribution in [0, 0.1) is 6.92 Å². The van der Waals surface area contributed by atoms with Gasteiger partial charge in [-0.3, -0.25) is 0 Å². The minimum atomic E-state index is 0.785. The zero-order valence-corrected chi connectivity index (χ0v) is 15.1. The second kappa shape index (κ2) is 7.79. The van der Waals surface area contributed by atoms with Crippen LogP contribution < -0.4 is 9.80 Å². The van der Waals surface area contributed by atoms with E-state index in [1.807, 2.05) is 19.1 Å². The molecule has 0 saturated heterocycles. The van der Waals surface area contributed by atoms with Gasteiger partial charge in [0, 0.05) is 33.3 Å². The molecular weight excluding hydrogens is 308 g/mol. The Hall–Kier alpha value is -2.88. The van der Waals surface area contributed by atoms with Crippen molar-refractivity contribution >= 4 is 11.6 Å². The minimum Gasteiger partial charge on any atom is -0.355 e. The molecule has 0 amide bonds. The molecule has 2 aromatic carbocycles. The fourth-order valence-corrected chi connectivity index (χ4v) is 2.80. The van der Waals surface area contributed by atoms with Gasteiger partial charge in [-0.2, -0.15) is 0 Å². The van der Waals surface area contributed by atoms with E-state index in [-0.39, 0.29) is 0 Å². The minimum absolute atomic E-state index is 0.785. The van der Waals surface area contributed by atoms with Gasteiger partial charge in [-0.05, 0) is 18.1 Å². The molecule has 4 heteroatoms. The Morgan fingerprint density at radius 1 is 0.680 bits per heavy atom. The highest BCUT2D eigenvalue weighted by molar-refractivity contribution is 5.51. The van der Waals surface area contributed by atoms with E-state index in [0.29, 0.717) is 0 Å². The standard InChI is InChI=1S/C21H24N4/c1-17-22-20(24(2)15-18-10-6-4-7-11-18)14-21(23-17)25(3)16-19-12-8-5-9-13-19/h4-14H,15-16H2,1-3H3. The number of hydrogen-bond donors (Lipinski definition) is 0. The van der Waals surface area contributed by atoms with Crippen LogP contribution >= 0.6 is 0 Å². The van der Waals surface area contributed by atoms with Crippen molar-refractivity contribution in [3.8, 4) is 0 Å². The Kier molecular flexibility index (Phi) is 5.29. The van der Waals surface area contributed by atoms with Crippen molar-refractivity contribution in [2.75, 3.05) is 23.9 Å². The molecule has 3 aromatic rings. The zero-order valence-electron chi connectivity index (χ0n) is 15.1. The van der Waals surface area contributed by atoms with Gasteiger partial charge in [-0.25, -0.2) is 9.97 Å². The molecule has 0 N–H and O–H groups in total. The topological polar surface area (TPSA) is 32.3 Å². The largest absolute Gasteiger partial charge is 0.355 e. The number of benzene rings is 2. The molecule has 3 rings (SSSR count). The fourth-order valence-electron chi connectivity index (χ4n) is 2.80. The van der Waals surface area contributed by atoms with Gasteiger partial charge in [-0.1, -0.05) is 60.7 Å². The van der Waals surface area contributed by atoms with E-state index in [0.717, 1.165) is 30.5 Å². The molecule has 0 atom stereocenters. The average molecular weight is 332 g/mol.